The summed E-state index contributed by atoms with van der Waals surface area (Å²) >= 11 is 0. The Morgan fingerprint density at radius 2 is 1.72 bits per heavy atom. The number of carbonyl (C=O) groups excluding carboxylic acids is 1. The standard InChI is InChI=1S/C21H22N2O5S/c1-27-21(24)17-6-4-16(5-7-17)20-11-8-18(28-20)14-23-13-12-15-2-9-19(10-3-15)29(22,25)26/h2-11,23H,12-14H2,1H3,(H2,22,25,26)/p+1. The molecule has 0 atom stereocenters. The zero-order chi connectivity index (χ0) is 20.9. The average molecular weight is 415 g/mol. The molecule has 0 fully saturated rings. The van der Waals surface area contributed by atoms with Crippen molar-refractivity contribution in [3.63, 3.8) is 0 Å². The number of sulfonamides is 1. The number of furan rings is 1. The first kappa shape index (κ1) is 20.8. The minimum Gasteiger partial charge on any atom is -0.465 e. The van der Waals surface area contributed by atoms with E-state index >= 15 is 0 Å². The molecule has 0 aliphatic heterocycles. The Morgan fingerprint density at radius 3 is 2.34 bits per heavy atom. The molecule has 0 amide bonds. The van der Waals surface area contributed by atoms with E-state index in [1.807, 2.05) is 24.3 Å². The summed E-state index contributed by atoms with van der Waals surface area (Å²) in [5.74, 6) is 1.22. The van der Waals surface area contributed by atoms with E-state index in [9.17, 15) is 13.2 Å². The van der Waals surface area contributed by atoms with Gasteiger partial charge in [0, 0.05) is 12.0 Å². The van der Waals surface area contributed by atoms with Crippen molar-refractivity contribution < 1.29 is 27.7 Å². The van der Waals surface area contributed by atoms with Crippen LogP contribution < -0.4 is 10.5 Å². The predicted molar refractivity (Wildman–Crippen MR) is 107 cm³/mol. The summed E-state index contributed by atoms with van der Waals surface area (Å²) in [5, 5.41) is 7.22. The molecular weight excluding hydrogens is 392 g/mol. The molecule has 1 heterocycles. The lowest BCUT2D eigenvalue weighted by Gasteiger charge is -2.03. The number of quaternary nitrogens is 1. The molecule has 2 aromatic carbocycles. The van der Waals surface area contributed by atoms with Crippen LogP contribution in [0.15, 0.2) is 70.0 Å². The van der Waals surface area contributed by atoms with Crippen molar-refractivity contribution in [2.75, 3.05) is 13.7 Å². The van der Waals surface area contributed by atoms with Crippen LogP contribution in [0.25, 0.3) is 11.3 Å². The summed E-state index contributed by atoms with van der Waals surface area (Å²) in [6.07, 6.45) is 0.799. The maximum absolute atomic E-state index is 11.5. The Labute approximate surface area is 169 Å². The highest BCUT2D eigenvalue weighted by Crippen LogP contribution is 2.22. The van der Waals surface area contributed by atoms with Crippen molar-refractivity contribution in [2.45, 2.75) is 17.9 Å². The van der Waals surface area contributed by atoms with Gasteiger partial charge < -0.3 is 14.5 Å². The molecular formula is C21H23N2O5S+. The minimum atomic E-state index is -3.65. The zero-order valence-electron chi connectivity index (χ0n) is 16.0. The number of hydrogen-bond donors (Lipinski definition) is 2. The summed E-state index contributed by atoms with van der Waals surface area (Å²) < 4.78 is 33.1. The molecule has 0 aliphatic rings. The second kappa shape index (κ2) is 9.04. The quantitative estimate of drug-likeness (QED) is 0.429. The molecule has 0 unspecified atom stereocenters. The van der Waals surface area contributed by atoms with Crippen molar-refractivity contribution in [3.05, 3.63) is 77.6 Å². The van der Waals surface area contributed by atoms with Gasteiger partial charge in [0.05, 0.1) is 24.1 Å². The third-order valence-corrected chi connectivity index (χ3v) is 5.42. The largest absolute Gasteiger partial charge is 0.465 e. The van der Waals surface area contributed by atoms with E-state index in [1.54, 1.807) is 24.3 Å². The molecule has 0 aliphatic carbocycles. The van der Waals surface area contributed by atoms with Crippen LogP contribution in [-0.4, -0.2) is 28.0 Å². The second-order valence-corrected chi connectivity index (χ2v) is 8.12. The Morgan fingerprint density at radius 1 is 1.03 bits per heavy atom. The van der Waals surface area contributed by atoms with E-state index in [0.717, 1.165) is 35.6 Å². The number of hydrogen-bond acceptors (Lipinski definition) is 5. The lowest BCUT2D eigenvalue weighted by Crippen LogP contribution is -2.83. The SMILES string of the molecule is COC(=O)c1ccc(-c2ccc(C[NH2+]CCc3ccc(S(N)(=O)=O)cc3)o2)cc1. The third kappa shape index (κ3) is 5.54. The predicted octanol–water partition coefficient (Wildman–Crippen LogP) is 1.69. The fourth-order valence-electron chi connectivity index (χ4n) is 2.89. The van der Waals surface area contributed by atoms with Crippen LogP contribution in [0.5, 0.6) is 0 Å². The molecule has 0 radical (unpaired) electrons. The van der Waals surface area contributed by atoms with Gasteiger partial charge in [-0.15, -0.1) is 0 Å². The Balaban J connectivity index is 1.50. The highest BCUT2D eigenvalue weighted by Gasteiger charge is 2.10. The summed E-state index contributed by atoms with van der Waals surface area (Å²) in [4.78, 5) is 11.6. The van der Waals surface area contributed by atoms with Crippen LogP contribution in [0.4, 0.5) is 0 Å². The van der Waals surface area contributed by atoms with Crippen molar-refractivity contribution in [3.8, 4) is 11.3 Å². The highest BCUT2D eigenvalue weighted by atomic mass is 32.2. The zero-order valence-corrected chi connectivity index (χ0v) is 16.8. The number of nitrogens with two attached hydrogens (primary N) is 2. The molecule has 7 nitrogen and oxygen atoms in total. The van der Waals surface area contributed by atoms with Crippen LogP contribution in [0.2, 0.25) is 0 Å². The second-order valence-electron chi connectivity index (χ2n) is 6.56. The summed E-state index contributed by atoms with van der Waals surface area (Å²) in [5.41, 5.74) is 2.42. The molecule has 0 saturated carbocycles. The summed E-state index contributed by atoms with van der Waals surface area (Å²) in [7, 11) is -2.30. The first-order chi connectivity index (χ1) is 13.9. The molecule has 29 heavy (non-hydrogen) atoms. The van der Waals surface area contributed by atoms with E-state index in [-0.39, 0.29) is 10.9 Å². The lowest BCUT2D eigenvalue weighted by molar-refractivity contribution is -0.671. The number of esters is 1. The van der Waals surface area contributed by atoms with Gasteiger partial charge >= 0.3 is 5.97 Å². The van der Waals surface area contributed by atoms with Crippen molar-refractivity contribution in [2.24, 2.45) is 5.14 Å². The number of primary sulfonamides is 1. The van der Waals surface area contributed by atoms with E-state index in [1.165, 1.54) is 19.2 Å². The Hall–Kier alpha value is -2.94. The molecule has 3 aromatic rings. The van der Waals surface area contributed by atoms with Gasteiger partial charge in [-0.1, -0.05) is 24.3 Å². The normalized spacial score (nSPS) is 11.4. The van der Waals surface area contributed by atoms with Crippen LogP contribution in [0.3, 0.4) is 0 Å². The molecule has 3 rings (SSSR count). The molecule has 1 aromatic heterocycles. The number of ether oxygens (including phenoxy) is 1. The molecule has 4 N–H and O–H groups in total. The first-order valence-corrected chi connectivity index (χ1v) is 10.6. The smallest absolute Gasteiger partial charge is 0.337 e. The highest BCUT2D eigenvalue weighted by molar-refractivity contribution is 7.89. The first-order valence-electron chi connectivity index (χ1n) is 9.07. The van der Waals surface area contributed by atoms with E-state index in [2.05, 4.69) is 5.32 Å². The lowest BCUT2D eigenvalue weighted by atomic mass is 10.1. The molecule has 0 saturated heterocycles. The van der Waals surface area contributed by atoms with Gasteiger partial charge in [-0.25, -0.2) is 18.4 Å². The Kier molecular flexibility index (Phi) is 6.48. The fraction of sp³-hybridized carbons (Fsp3) is 0.190. The third-order valence-electron chi connectivity index (χ3n) is 4.49. The van der Waals surface area contributed by atoms with Crippen molar-refractivity contribution in [1.82, 2.24) is 0 Å². The van der Waals surface area contributed by atoms with Crippen LogP contribution in [-0.2, 0) is 27.7 Å². The average Bonchev–Trinajstić information content (AvgIpc) is 3.19. The van der Waals surface area contributed by atoms with E-state index in [4.69, 9.17) is 14.3 Å². The van der Waals surface area contributed by atoms with Gasteiger partial charge in [0.25, 0.3) is 0 Å². The van der Waals surface area contributed by atoms with Gasteiger partial charge in [0.2, 0.25) is 10.0 Å². The molecule has 0 spiro atoms. The monoisotopic (exact) mass is 415 g/mol. The van der Waals surface area contributed by atoms with Gasteiger partial charge in [0.15, 0.2) is 5.76 Å². The van der Waals surface area contributed by atoms with E-state index < -0.39 is 10.0 Å². The maximum atomic E-state index is 11.5. The van der Waals surface area contributed by atoms with Crippen molar-refractivity contribution >= 4 is 16.0 Å². The number of methoxy groups -OCH3 is 1. The maximum Gasteiger partial charge on any atom is 0.337 e. The van der Waals surface area contributed by atoms with Crippen LogP contribution in [0.1, 0.15) is 21.7 Å². The van der Waals surface area contributed by atoms with Gasteiger partial charge in [-0.3, -0.25) is 0 Å². The number of carbonyl (C=O) groups is 1. The molecule has 152 valence electrons. The fourth-order valence-corrected chi connectivity index (χ4v) is 3.41. The molecule has 0 bridgehead atoms. The van der Waals surface area contributed by atoms with Crippen LogP contribution in [0, 0.1) is 0 Å². The number of rotatable bonds is 8. The van der Waals surface area contributed by atoms with Gasteiger partial charge in [0.1, 0.15) is 12.3 Å². The topological polar surface area (TPSA) is 116 Å². The van der Waals surface area contributed by atoms with Gasteiger partial charge in [-0.05, 0) is 42.0 Å². The van der Waals surface area contributed by atoms with E-state index in [0.29, 0.717) is 12.1 Å². The van der Waals surface area contributed by atoms with Gasteiger partial charge in [-0.2, -0.15) is 0 Å². The minimum absolute atomic E-state index is 0.118. The summed E-state index contributed by atoms with van der Waals surface area (Å²) in [6.45, 7) is 1.52. The van der Waals surface area contributed by atoms with Crippen LogP contribution >= 0.6 is 0 Å². The Bertz CT molecular complexity index is 1070. The summed E-state index contributed by atoms with van der Waals surface area (Å²) in [6, 6.07) is 17.5. The molecule has 8 heteroatoms. The number of benzene rings is 2. The van der Waals surface area contributed by atoms with Crippen molar-refractivity contribution in [1.29, 1.82) is 0 Å².